The molecular formula is C14H19N5O2. The summed E-state index contributed by atoms with van der Waals surface area (Å²) in [4.78, 5) is 31.8. The van der Waals surface area contributed by atoms with E-state index in [0.29, 0.717) is 12.4 Å². The summed E-state index contributed by atoms with van der Waals surface area (Å²) in [6.45, 7) is 2.25. The molecule has 0 aliphatic carbocycles. The molecule has 1 heterocycles. The number of urea groups is 1. The molecule has 3 N–H and O–H groups in total. The minimum absolute atomic E-state index is 0.0592. The van der Waals surface area contributed by atoms with Crippen LogP contribution in [0.3, 0.4) is 0 Å². The number of rotatable bonds is 4. The number of imidazole rings is 1. The fourth-order valence-corrected chi connectivity index (χ4v) is 1.82. The minimum Gasteiger partial charge on any atom is -0.347 e. The number of hydrogen-bond donors (Lipinski definition) is 3. The number of benzene rings is 1. The van der Waals surface area contributed by atoms with Crippen LogP contribution < -0.4 is 10.6 Å². The summed E-state index contributed by atoms with van der Waals surface area (Å²) in [7, 11) is 3.23. The number of H-pyrrole nitrogens is 1. The van der Waals surface area contributed by atoms with E-state index in [1.807, 2.05) is 25.1 Å². The van der Waals surface area contributed by atoms with E-state index in [2.05, 4.69) is 20.6 Å². The maximum atomic E-state index is 11.6. The van der Waals surface area contributed by atoms with E-state index < -0.39 is 0 Å². The van der Waals surface area contributed by atoms with E-state index in [-0.39, 0.29) is 18.5 Å². The van der Waals surface area contributed by atoms with E-state index in [4.69, 9.17) is 0 Å². The van der Waals surface area contributed by atoms with Crippen molar-refractivity contribution in [3.05, 3.63) is 29.6 Å². The van der Waals surface area contributed by atoms with Gasteiger partial charge in [0, 0.05) is 14.1 Å². The van der Waals surface area contributed by atoms with E-state index in [1.165, 1.54) is 4.90 Å². The number of aryl methyl sites for hydroxylation is 1. The Morgan fingerprint density at radius 3 is 2.76 bits per heavy atom. The van der Waals surface area contributed by atoms with Crippen LogP contribution in [0.2, 0.25) is 0 Å². The zero-order chi connectivity index (χ0) is 15.4. The van der Waals surface area contributed by atoms with Crippen LogP contribution in [0.25, 0.3) is 11.0 Å². The average molecular weight is 289 g/mol. The van der Waals surface area contributed by atoms with Crippen molar-refractivity contribution in [2.75, 3.05) is 20.6 Å². The number of nitrogens with zero attached hydrogens (tertiary/aromatic N) is 2. The zero-order valence-corrected chi connectivity index (χ0v) is 12.4. The summed E-state index contributed by atoms with van der Waals surface area (Å²) in [6.07, 6.45) is 0. The van der Waals surface area contributed by atoms with Crippen molar-refractivity contribution in [1.82, 2.24) is 25.5 Å². The number of carbonyl (C=O) groups excluding carboxylic acids is 2. The topological polar surface area (TPSA) is 90.1 Å². The van der Waals surface area contributed by atoms with Crippen LogP contribution in [-0.4, -0.2) is 47.4 Å². The molecule has 0 radical (unpaired) electrons. The molecule has 0 spiro atoms. The van der Waals surface area contributed by atoms with Gasteiger partial charge in [0.25, 0.3) is 0 Å². The van der Waals surface area contributed by atoms with Gasteiger partial charge in [0.05, 0.1) is 24.1 Å². The first-order chi connectivity index (χ1) is 9.95. The lowest BCUT2D eigenvalue weighted by atomic mass is 10.2. The standard InChI is InChI=1S/C14H19N5O2/c1-9-4-5-10-11(6-9)18-12(17-10)7-15-13(20)8-16-14(21)19(2)3/h4-6H,7-8H2,1-3H3,(H,15,20)(H,16,21)(H,17,18). The number of aromatic amines is 1. The molecule has 0 fully saturated rings. The van der Waals surface area contributed by atoms with Crippen LogP contribution in [-0.2, 0) is 11.3 Å². The highest BCUT2D eigenvalue weighted by Gasteiger charge is 2.08. The molecule has 0 saturated carbocycles. The second-order valence-electron chi connectivity index (χ2n) is 5.03. The maximum Gasteiger partial charge on any atom is 0.317 e. The summed E-state index contributed by atoms with van der Waals surface area (Å²) in [5, 5.41) is 5.20. The molecule has 1 aromatic carbocycles. The molecule has 0 aliphatic heterocycles. The van der Waals surface area contributed by atoms with Gasteiger partial charge in [-0.05, 0) is 24.6 Å². The Kier molecular flexibility index (Phi) is 4.42. The Labute approximate surface area is 122 Å². The van der Waals surface area contributed by atoms with Crippen LogP contribution in [0.1, 0.15) is 11.4 Å². The third-order valence-electron chi connectivity index (χ3n) is 2.95. The molecule has 3 amide bonds. The molecule has 0 unspecified atom stereocenters. The Hall–Kier alpha value is -2.57. The highest BCUT2D eigenvalue weighted by atomic mass is 16.2. The fourth-order valence-electron chi connectivity index (χ4n) is 1.82. The molecule has 7 nitrogen and oxygen atoms in total. The van der Waals surface area contributed by atoms with Gasteiger partial charge in [0.1, 0.15) is 5.82 Å². The summed E-state index contributed by atoms with van der Waals surface area (Å²) in [5.74, 6) is 0.421. The number of nitrogens with one attached hydrogen (secondary N) is 3. The van der Waals surface area contributed by atoms with Crippen molar-refractivity contribution in [2.24, 2.45) is 0 Å². The Morgan fingerprint density at radius 1 is 1.29 bits per heavy atom. The van der Waals surface area contributed by atoms with Crippen LogP contribution in [0, 0.1) is 6.92 Å². The molecule has 0 atom stereocenters. The molecule has 0 saturated heterocycles. The monoisotopic (exact) mass is 289 g/mol. The molecule has 0 bridgehead atoms. The van der Waals surface area contributed by atoms with E-state index in [0.717, 1.165) is 16.6 Å². The lowest BCUT2D eigenvalue weighted by Crippen LogP contribution is -2.41. The molecule has 0 aliphatic rings. The minimum atomic E-state index is -0.302. The zero-order valence-electron chi connectivity index (χ0n) is 12.4. The highest BCUT2D eigenvalue weighted by Crippen LogP contribution is 2.12. The summed E-state index contributed by atoms with van der Waals surface area (Å²) >= 11 is 0. The van der Waals surface area contributed by atoms with Gasteiger partial charge in [0.15, 0.2) is 0 Å². The first kappa shape index (κ1) is 14.8. The predicted octanol–water partition coefficient (Wildman–Crippen LogP) is 0.759. The van der Waals surface area contributed by atoms with Gasteiger partial charge in [0.2, 0.25) is 5.91 Å². The molecular weight excluding hydrogens is 270 g/mol. The van der Waals surface area contributed by atoms with Gasteiger partial charge in [-0.2, -0.15) is 0 Å². The Balaban J connectivity index is 1.86. The third-order valence-corrected chi connectivity index (χ3v) is 2.95. The predicted molar refractivity (Wildman–Crippen MR) is 79.8 cm³/mol. The average Bonchev–Trinajstić information content (AvgIpc) is 2.84. The van der Waals surface area contributed by atoms with Crippen LogP contribution >= 0.6 is 0 Å². The fraction of sp³-hybridized carbons (Fsp3) is 0.357. The normalized spacial score (nSPS) is 10.4. The number of aromatic nitrogens is 2. The van der Waals surface area contributed by atoms with Crippen LogP contribution in [0.5, 0.6) is 0 Å². The van der Waals surface area contributed by atoms with Gasteiger partial charge >= 0.3 is 6.03 Å². The molecule has 7 heteroatoms. The number of carbonyl (C=O) groups is 2. The number of amides is 3. The largest absolute Gasteiger partial charge is 0.347 e. The van der Waals surface area contributed by atoms with Crippen molar-refractivity contribution in [3.63, 3.8) is 0 Å². The van der Waals surface area contributed by atoms with Crippen molar-refractivity contribution < 1.29 is 9.59 Å². The quantitative estimate of drug-likeness (QED) is 0.776. The smallest absolute Gasteiger partial charge is 0.317 e. The van der Waals surface area contributed by atoms with Gasteiger partial charge in [-0.1, -0.05) is 6.07 Å². The van der Waals surface area contributed by atoms with Crippen LogP contribution in [0.15, 0.2) is 18.2 Å². The van der Waals surface area contributed by atoms with E-state index in [9.17, 15) is 9.59 Å². The highest BCUT2D eigenvalue weighted by molar-refractivity contribution is 5.83. The van der Waals surface area contributed by atoms with Gasteiger partial charge in [-0.3, -0.25) is 4.79 Å². The molecule has 21 heavy (non-hydrogen) atoms. The summed E-state index contributed by atoms with van der Waals surface area (Å²) in [6, 6.07) is 5.63. The molecule has 1 aromatic heterocycles. The SMILES string of the molecule is Cc1ccc2nc(CNC(=O)CNC(=O)N(C)C)[nH]c2c1. The second-order valence-corrected chi connectivity index (χ2v) is 5.03. The van der Waals surface area contributed by atoms with Crippen molar-refractivity contribution in [2.45, 2.75) is 13.5 Å². The summed E-state index contributed by atoms with van der Waals surface area (Å²) in [5.41, 5.74) is 2.96. The molecule has 112 valence electrons. The first-order valence-electron chi connectivity index (χ1n) is 6.63. The molecule has 2 rings (SSSR count). The number of fused-ring (bicyclic) bond motifs is 1. The van der Waals surface area contributed by atoms with Crippen LogP contribution in [0.4, 0.5) is 4.79 Å². The van der Waals surface area contributed by atoms with Crippen molar-refractivity contribution >= 4 is 23.0 Å². The second kappa shape index (κ2) is 6.25. The van der Waals surface area contributed by atoms with Gasteiger partial charge < -0.3 is 20.5 Å². The lowest BCUT2D eigenvalue weighted by Gasteiger charge is -2.11. The van der Waals surface area contributed by atoms with Crippen molar-refractivity contribution in [3.8, 4) is 0 Å². The maximum absolute atomic E-state index is 11.6. The third kappa shape index (κ3) is 3.95. The van der Waals surface area contributed by atoms with E-state index in [1.54, 1.807) is 14.1 Å². The summed E-state index contributed by atoms with van der Waals surface area (Å²) < 4.78 is 0. The lowest BCUT2D eigenvalue weighted by molar-refractivity contribution is -0.120. The Morgan fingerprint density at radius 2 is 2.05 bits per heavy atom. The van der Waals surface area contributed by atoms with Gasteiger partial charge in [-0.15, -0.1) is 0 Å². The van der Waals surface area contributed by atoms with Gasteiger partial charge in [-0.25, -0.2) is 9.78 Å². The molecule has 2 aromatic rings. The van der Waals surface area contributed by atoms with Crippen molar-refractivity contribution in [1.29, 1.82) is 0 Å². The van der Waals surface area contributed by atoms with E-state index >= 15 is 0 Å². The number of hydrogen-bond acceptors (Lipinski definition) is 3. The first-order valence-corrected chi connectivity index (χ1v) is 6.63. The Bertz CT molecular complexity index is 662.